The summed E-state index contributed by atoms with van der Waals surface area (Å²) in [4.78, 5) is 22.5. The van der Waals surface area contributed by atoms with Crippen LogP contribution in [0.1, 0.15) is 29.3 Å². The monoisotopic (exact) mass is 298 g/mol. The van der Waals surface area contributed by atoms with Gasteiger partial charge in [-0.25, -0.2) is 4.79 Å². The van der Waals surface area contributed by atoms with E-state index in [9.17, 15) is 9.59 Å². The molecule has 3 nitrogen and oxygen atoms in total. The number of carbonyl (C=O) groups is 2. The third kappa shape index (κ3) is 4.69. The Hall–Kier alpha value is -1.16. The van der Waals surface area contributed by atoms with Crippen LogP contribution in [0, 0.1) is 0 Å². The summed E-state index contributed by atoms with van der Waals surface area (Å²) in [6.07, 6.45) is 1.22. The van der Waals surface area contributed by atoms with Crippen molar-refractivity contribution >= 4 is 27.7 Å². The molecular weight excluding hydrogens is 284 g/mol. The van der Waals surface area contributed by atoms with Gasteiger partial charge in [-0.3, -0.25) is 4.79 Å². The molecule has 0 N–H and O–H groups in total. The molecule has 0 aromatic heterocycles. The number of benzene rings is 1. The number of carbonyl (C=O) groups excluding carboxylic acids is 2. The van der Waals surface area contributed by atoms with Gasteiger partial charge in [0.2, 0.25) is 0 Å². The lowest BCUT2D eigenvalue weighted by Gasteiger charge is -2.03. The van der Waals surface area contributed by atoms with E-state index < -0.39 is 0 Å². The van der Waals surface area contributed by atoms with Gasteiger partial charge in [0.05, 0.1) is 17.5 Å². The highest BCUT2D eigenvalue weighted by molar-refractivity contribution is 9.09. The summed E-state index contributed by atoms with van der Waals surface area (Å²) in [5, 5.41) is 0.397. The normalized spacial score (nSPS) is 10.0. The molecule has 0 spiro atoms. The molecule has 92 valence electrons. The number of ether oxygens (including phenoxy) is 1. The lowest BCUT2D eigenvalue weighted by Crippen LogP contribution is -2.05. The first-order valence-electron chi connectivity index (χ1n) is 5.51. The van der Waals surface area contributed by atoms with Crippen LogP contribution >= 0.6 is 15.9 Å². The van der Waals surface area contributed by atoms with Gasteiger partial charge in [-0.05, 0) is 31.0 Å². The molecule has 4 heteroatoms. The maximum atomic E-state index is 11.4. The predicted octanol–water partition coefficient (Wildman–Crippen LogP) is 2.76. The van der Waals surface area contributed by atoms with Crippen molar-refractivity contribution < 1.29 is 14.3 Å². The summed E-state index contributed by atoms with van der Waals surface area (Å²) in [6, 6.07) is 7.17. The first-order chi connectivity index (χ1) is 8.17. The van der Waals surface area contributed by atoms with Gasteiger partial charge in [0.15, 0.2) is 0 Å². The molecule has 0 saturated heterocycles. The molecule has 0 aliphatic heterocycles. The van der Waals surface area contributed by atoms with E-state index in [0.29, 0.717) is 30.3 Å². The standard InChI is InChI=1S/C13H15BrO3/c1-2-17-13(16)11-6-3-10(4-7-11)5-8-12(15)9-14/h3-4,6-7H,2,5,8-9H2,1H3. The molecule has 0 saturated carbocycles. The van der Waals surface area contributed by atoms with Crippen LogP contribution in [0.4, 0.5) is 0 Å². The quantitative estimate of drug-likeness (QED) is 0.599. The molecule has 1 rings (SSSR count). The second kappa shape index (κ2) is 7.22. The molecule has 1 aromatic carbocycles. The maximum Gasteiger partial charge on any atom is 0.338 e. The summed E-state index contributed by atoms with van der Waals surface area (Å²) in [5.74, 6) is -0.130. The number of alkyl halides is 1. The van der Waals surface area contributed by atoms with E-state index >= 15 is 0 Å². The van der Waals surface area contributed by atoms with E-state index in [1.54, 1.807) is 19.1 Å². The van der Waals surface area contributed by atoms with Crippen molar-refractivity contribution in [3.63, 3.8) is 0 Å². The zero-order chi connectivity index (χ0) is 12.7. The van der Waals surface area contributed by atoms with Crippen LogP contribution < -0.4 is 0 Å². The Kier molecular flexibility index (Phi) is 5.91. The minimum atomic E-state index is -0.310. The van der Waals surface area contributed by atoms with E-state index in [-0.39, 0.29) is 11.8 Å². The fraction of sp³-hybridized carbons (Fsp3) is 0.385. The highest BCUT2D eigenvalue weighted by atomic mass is 79.9. The van der Waals surface area contributed by atoms with Gasteiger partial charge in [0.25, 0.3) is 0 Å². The van der Waals surface area contributed by atoms with Crippen LogP contribution in [-0.2, 0) is 16.0 Å². The molecule has 0 bridgehead atoms. The molecule has 0 heterocycles. The van der Waals surface area contributed by atoms with Crippen LogP contribution in [0.2, 0.25) is 0 Å². The van der Waals surface area contributed by atoms with Gasteiger partial charge >= 0.3 is 5.97 Å². The lowest BCUT2D eigenvalue weighted by molar-refractivity contribution is -0.116. The molecule has 0 atom stereocenters. The van der Waals surface area contributed by atoms with Crippen molar-refractivity contribution in [2.24, 2.45) is 0 Å². The Bertz CT molecular complexity index is 384. The fourth-order valence-electron chi connectivity index (χ4n) is 1.37. The van der Waals surface area contributed by atoms with Crippen LogP contribution in [0.5, 0.6) is 0 Å². The van der Waals surface area contributed by atoms with E-state index in [2.05, 4.69) is 15.9 Å². The topological polar surface area (TPSA) is 43.4 Å². The second-order valence-electron chi connectivity index (χ2n) is 3.59. The summed E-state index contributed by atoms with van der Waals surface area (Å²) >= 11 is 3.13. The van der Waals surface area contributed by atoms with E-state index in [1.807, 2.05) is 12.1 Å². The zero-order valence-electron chi connectivity index (χ0n) is 9.74. The Morgan fingerprint density at radius 1 is 1.24 bits per heavy atom. The van der Waals surface area contributed by atoms with Gasteiger partial charge in [-0.1, -0.05) is 28.1 Å². The van der Waals surface area contributed by atoms with Gasteiger partial charge in [0.1, 0.15) is 5.78 Å². The number of aryl methyl sites for hydroxylation is 1. The van der Waals surface area contributed by atoms with Crippen LogP contribution in [-0.4, -0.2) is 23.7 Å². The number of hydrogen-bond acceptors (Lipinski definition) is 3. The van der Waals surface area contributed by atoms with Crippen molar-refractivity contribution in [3.05, 3.63) is 35.4 Å². The van der Waals surface area contributed by atoms with Crippen molar-refractivity contribution in [1.82, 2.24) is 0 Å². The Balaban J connectivity index is 2.56. The molecule has 1 aromatic rings. The van der Waals surface area contributed by atoms with Gasteiger partial charge in [-0.2, -0.15) is 0 Å². The number of ketones is 1. The third-order valence-corrected chi connectivity index (χ3v) is 2.93. The van der Waals surface area contributed by atoms with E-state index in [4.69, 9.17) is 4.74 Å². The second-order valence-corrected chi connectivity index (χ2v) is 4.15. The van der Waals surface area contributed by atoms with Crippen molar-refractivity contribution in [2.75, 3.05) is 11.9 Å². The Labute approximate surface area is 109 Å². The number of rotatable bonds is 6. The summed E-state index contributed by atoms with van der Waals surface area (Å²) in [6.45, 7) is 2.15. The number of esters is 1. The minimum absolute atomic E-state index is 0.180. The summed E-state index contributed by atoms with van der Waals surface area (Å²) in [7, 11) is 0. The van der Waals surface area contributed by atoms with Gasteiger partial charge in [0, 0.05) is 6.42 Å². The molecular formula is C13H15BrO3. The largest absolute Gasteiger partial charge is 0.462 e. The minimum Gasteiger partial charge on any atom is -0.462 e. The average Bonchev–Trinajstić information content (AvgIpc) is 2.36. The van der Waals surface area contributed by atoms with E-state index in [0.717, 1.165) is 5.56 Å². The zero-order valence-corrected chi connectivity index (χ0v) is 11.3. The smallest absolute Gasteiger partial charge is 0.338 e. The van der Waals surface area contributed by atoms with Crippen molar-refractivity contribution in [3.8, 4) is 0 Å². The molecule has 17 heavy (non-hydrogen) atoms. The molecule has 0 aliphatic carbocycles. The molecule has 0 fully saturated rings. The lowest BCUT2D eigenvalue weighted by atomic mass is 10.1. The highest BCUT2D eigenvalue weighted by Gasteiger charge is 2.06. The number of hydrogen-bond donors (Lipinski definition) is 0. The van der Waals surface area contributed by atoms with Gasteiger partial charge in [-0.15, -0.1) is 0 Å². The molecule has 0 amide bonds. The van der Waals surface area contributed by atoms with Crippen LogP contribution in [0.25, 0.3) is 0 Å². The van der Waals surface area contributed by atoms with E-state index in [1.165, 1.54) is 0 Å². The van der Waals surface area contributed by atoms with Crippen LogP contribution in [0.3, 0.4) is 0 Å². The first-order valence-corrected chi connectivity index (χ1v) is 6.63. The summed E-state index contributed by atoms with van der Waals surface area (Å²) in [5.41, 5.74) is 1.59. The maximum absolute atomic E-state index is 11.4. The molecule has 0 radical (unpaired) electrons. The fourth-order valence-corrected chi connectivity index (χ4v) is 1.65. The number of Topliss-reactive ketones (excluding diaryl/α,β-unsaturated/α-hetero) is 1. The third-order valence-electron chi connectivity index (χ3n) is 2.31. The first kappa shape index (κ1) is 13.9. The Morgan fingerprint density at radius 2 is 1.88 bits per heavy atom. The predicted molar refractivity (Wildman–Crippen MR) is 69.5 cm³/mol. The number of halogens is 1. The Morgan fingerprint density at radius 3 is 2.41 bits per heavy atom. The van der Waals surface area contributed by atoms with Crippen LogP contribution in [0.15, 0.2) is 24.3 Å². The van der Waals surface area contributed by atoms with Crippen molar-refractivity contribution in [2.45, 2.75) is 19.8 Å². The summed E-state index contributed by atoms with van der Waals surface area (Å²) < 4.78 is 4.88. The molecule has 0 unspecified atom stereocenters. The highest BCUT2D eigenvalue weighted by Crippen LogP contribution is 2.08. The van der Waals surface area contributed by atoms with Crippen molar-refractivity contribution in [1.29, 1.82) is 0 Å². The molecule has 0 aliphatic rings. The SMILES string of the molecule is CCOC(=O)c1ccc(CCC(=O)CBr)cc1. The van der Waals surface area contributed by atoms with Gasteiger partial charge < -0.3 is 4.74 Å². The average molecular weight is 299 g/mol.